The molecule has 0 saturated heterocycles. The van der Waals surface area contributed by atoms with E-state index in [0.717, 1.165) is 16.8 Å². The van der Waals surface area contributed by atoms with Crippen molar-refractivity contribution in [1.29, 1.82) is 0 Å². The summed E-state index contributed by atoms with van der Waals surface area (Å²) in [6.07, 6.45) is -0.131. The quantitative estimate of drug-likeness (QED) is 0.645. The van der Waals surface area contributed by atoms with Crippen LogP contribution in [0.15, 0.2) is 36.4 Å². The molecule has 2 rings (SSSR count). The molecule has 0 aromatic heterocycles. The van der Waals surface area contributed by atoms with Gasteiger partial charge in [0.25, 0.3) is 5.91 Å². The van der Waals surface area contributed by atoms with Gasteiger partial charge in [0.1, 0.15) is 0 Å². The Kier molecular flexibility index (Phi) is 7.76. The SMILES string of the molecule is COc1ccc(CC(=O)OCC(=O)Nc2c(C(C)C)cccc2C(C)C)cc1F. The van der Waals surface area contributed by atoms with Crippen molar-refractivity contribution < 1.29 is 23.5 Å². The lowest BCUT2D eigenvalue weighted by atomic mass is 9.92. The Hall–Kier alpha value is -2.89. The number of anilines is 1. The zero-order valence-electron chi connectivity index (χ0n) is 17.5. The summed E-state index contributed by atoms with van der Waals surface area (Å²) >= 11 is 0. The number of carbonyl (C=O) groups excluding carboxylic acids is 2. The highest BCUT2D eigenvalue weighted by Crippen LogP contribution is 2.32. The van der Waals surface area contributed by atoms with Gasteiger partial charge >= 0.3 is 5.97 Å². The maximum atomic E-state index is 13.7. The van der Waals surface area contributed by atoms with Crippen molar-refractivity contribution in [3.63, 3.8) is 0 Å². The summed E-state index contributed by atoms with van der Waals surface area (Å²) in [4.78, 5) is 24.4. The normalized spacial score (nSPS) is 10.9. The van der Waals surface area contributed by atoms with Gasteiger partial charge in [-0.1, -0.05) is 52.0 Å². The molecule has 0 unspecified atom stereocenters. The van der Waals surface area contributed by atoms with Crippen molar-refractivity contribution in [2.45, 2.75) is 46.0 Å². The van der Waals surface area contributed by atoms with E-state index in [0.29, 0.717) is 5.56 Å². The number of esters is 1. The Morgan fingerprint density at radius 3 is 2.17 bits per heavy atom. The van der Waals surface area contributed by atoms with E-state index in [9.17, 15) is 14.0 Å². The highest BCUT2D eigenvalue weighted by molar-refractivity contribution is 5.94. The van der Waals surface area contributed by atoms with Gasteiger partial charge in [-0.15, -0.1) is 0 Å². The van der Waals surface area contributed by atoms with Crippen molar-refractivity contribution in [3.8, 4) is 5.75 Å². The topological polar surface area (TPSA) is 64.6 Å². The van der Waals surface area contributed by atoms with Crippen molar-refractivity contribution in [2.24, 2.45) is 0 Å². The van der Waals surface area contributed by atoms with Gasteiger partial charge in [0.15, 0.2) is 18.2 Å². The predicted molar refractivity (Wildman–Crippen MR) is 111 cm³/mol. The maximum Gasteiger partial charge on any atom is 0.310 e. The molecule has 2 aromatic rings. The standard InChI is InChI=1S/C23H28FNO4/c1-14(2)17-7-6-8-18(15(3)4)23(17)25-21(26)13-29-22(27)12-16-9-10-20(28-5)19(24)11-16/h6-11,14-15H,12-13H2,1-5H3,(H,25,26). The highest BCUT2D eigenvalue weighted by atomic mass is 19.1. The lowest BCUT2D eigenvalue weighted by molar-refractivity contribution is -0.146. The maximum absolute atomic E-state index is 13.7. The Morgan fingerprint density at radius 1 is 1.03 bits per heavy atom. The first-order valence-corrected chi connectivity index (χ1v) is 9.63. The third-order valence-corrected chi connectivity index (χ3v) is 4.57. The van der Waals surface area contributed by atoms with Crippen LogP contribution in [0.4, 0.5) is 10.1 Å². The molecular formula is C23H28FNO4. The van der Waals surface area contributed by atoms with Crippen molar-refractivity contribution in [2.75, 3.05) is 19.0 Å². The first-order valence-electron chi connectivity index (χ1n) is 9.63. The fraction of sp³-hybridized carbons (Fsp3) is 0.391. The Morgan fingerprint density at radius 2 is 1.66 bits per heavy atom. The van der Waals surface area contributed by atoms with Crippen LogP contribution in [0.3, 0.4) is 0 Å². The van der Waals surface area contributed by atoms with Crippen LogP contribution in [0.1, 0.15) is 56.2 Å². The van der Waals surface area contributed by atoms with Gasteiger partial charge in [0.2, 0.25) is 0 Å². The van der Waals surface area contributed by atoms with Gasteiger partial charge < -0.3 is 14.8 Å². The summed E-state index contributed by atoms with van der Waals surface area (Å²) in [5, 5.41) is 2.89. The van der Waals surface area contributed by atoms with Crippen molar-refractivity contribution in [1.82, 2.24) is 0 Å². The molecule has 0 heterocycles. The molecule has 1 amide bonds. The molecule has 0 spiro atoms. The van der Waals surface area contributed by atoms with Crippen LogP contribution in [0.2, 0.25) is 0 Å². The molecule has 0 aliphatic heterocycles. The summed E-state index contributed by atoms with van der Waals surface area (Å²) in [6, 6.07) is 10.2. The van der Waals surface area contributed by atoms with Gasteiger partial charge in [-0.2, -0.15) is 0 Å². The summed E-state index contributed by atoms with van der Waals surface area (Å²) in [6.45, 7) is 7.83. The molecule has 6 heteroatoms. The summed E-state index contributed by atoms with van der Waals surface area (Å²) in [7, 11) is 1.37. The van der Waals surface area contributed by atoms with Gasteiger partial charge in [-0.05, 0) is 40.7 Å². The monoisotopic (exact) mass is 401 g/mol. The molecule has 0 bridgehead atoms. The molecule has 0 saturated carbocycles. The van der Waals surface area contributed by atoms with E-state index in [1.165, 1.54) is 19.2 Å². The van der Waals surface area contributed by atoms with Gasteiger partial charge in [0.05, 0.1) is 13.5 Å². The largest absolute Gasteiger partial charge is 0.494 e. The second kappa shape index (κ2) is 10.0. The molecule has 0 atom stereocenters. The van der Waals surface area contributed by atoms with E-state index in [1.807, 2.05) is 18.2 Å². The number of benzene rings is 2. The third-order valence-electron chi connectivity index (χ3n) is 4.57. The van der Waals surface area contributed by atoms with Crippen LogP contribution in [0.25, 0.3) is 0 Å². The molecule has 29 heavy (non-hydrogen) atoms. The van der Waals surface area contributed by atoms with E-state index in [2.05, 4.69) is 33.0 Å². The number of hydrogen-bond acceptors (Lipinski definition) is 4. The van der Waals surface area contributed by atoms with Crippen LogP contribution in [-0.4, -0.2) is 25.6 Å². The van der Waals surface area contributed by atoms with Crippen molar-refractivity contribution in [3.05, 3.63) is 58.9 Å². The van der Waals surface area contributed by atoms with Crippen LogP contribution in [0.5, 0.6) is 5.75 Å². The molecule has 0 radical (unpaired) electrons. The van der Waals surface area contributed by atoms with E-state index >= 15 is 0 Å². The number of halogens is 1. The molecule has 2 aromatic carbocycles. The number of carbonyl (C=O) groups is 2. The average Bonchev–Trinajstić information content (AvgIpc) is 2.66. The Balaban J connectivity index is 2.00. The number of hydrogen-bond donors (Lipinski definition) is 1. The minimum Gasteiger partial charge on any atom is -0.494 e. The van der Waals surface area contributed by atoms with Crippen LogP contribution in [-0.2, 0) is 20.7 Å². The van der Waals surface area contributed by atoms with Gasteiger partial charge in [-0.3, -0.25) is 9.59 Å². The third kappa shape index (κ3) is 6.04. The first-order chi connectivity index (χ1) is 13.7. The minimum absolute atomic E-state index is 0.103. The van der Waals surface area contributed by atoms with Gasteiger partial charge in [-0.25, -0.2) is 4.39 Å². The molecule has 5 nitrogen and oxygen atoms in total. The number of nitrogens with one attached hydrogen (secondary N) is 1. The van der Waals surface area contributed by atoms with Crippen LogP contribution in [0, 0.1) is 5.82 Å². The lowest BCUT2D eigenvalue weighted by Crippen LogP contribution is -2.23. The zero-order valence-corrected chi connectivity index (χ0v) is 17.5. The van der Waals surface area contributed by atoms with Crippen molar-refractivity contribution >= 4 is 17.6 Å². The summed E-state index contributed by atoms with van der Waals surface area (Å²) in [5.41, 5.74) is 3.28. The van der Waals surface area contributed by atoms with Crippen LogP contribution >= 0.6 is 0 Å². The van der Waals surface area contributed by atoms with E-state index < -0.39 is 24.3 Å². The number of amides is 1. The van der Waals surface area contributed by atoms with E-state index in [-0.39, 0.29) is 24.0 Å². The van der Waals surface area contributed by atoms with Crippen LogP contribution < -0.4 is 10.1 Å². The summed E-state index contributed by atoms with van der Waals surface area (Å²) < 4.78 is 23.6. The Bertz CT molecular complexity index is 851. The molecule has 1 N–H and O–H groups in total. The second-order valence-electron chi connectivity index (χ2n) is 7.48. The number of rotatable bonds is 8. The zero-order chi connectivity index (χ0) is 21.6. The average molecular weight is 401 g/mol. The molecule has 0 fully saturated rings. The minimum atomic E-state index is -0.606. The summed E-state index contributed by atoms with van der Waals surface area (Å²) in [5.74, 6) is -0.999. The number of ether oxygens (including phenoxy) is 2. The first kappa shape index (κ1) is 22.4. The highest BCUT2D eigenvalue weighted by Gasteiger charge is 2.17. The fourth-order valence-electron chi connectivity index (χ4n) is 3.05. The molecule has 0 aliphatic rings. The molecule has 156 valence electrons. The second-order valence-corrected chi connectivity index (χ2v) is 7.48. The molecular weight excluding hydrogens is 373 g/mol. The lowest BCUT2D eigenvalue weighted by Gasteiger charge is -2.20. The fourth-order valence-corrected chi connectivity index (χ4v) is 3.05. The Labute approximate surface area is 171 Å². The number of para-hydroxylation sites is 1. The predicted octanol–water partition coefficient (Wildman–Crippen LogP) is 4.81. The van der Waals surface area contributed by atoms with E-state index in [1.54, 1.807) is 6.07 Å². The number of methoxy groups -OCH3 is 1. The molecule has 0 aliphatic carbocycles. The smallest absolute Gasteiger partial charge is 0.310 e. The van der Waals surface area contributed by atoms with E-state index in [4.69, 9.17) is 9.47 Å². The van der Waals surface area contributed by atoms with Gasteiger partial charge in [0, 0.05) is 5.69 Å².